The number of aliphatic hydroxyl groups is 1. The first-order valence-electron chi connectivity index (χ1n) is 13.3. The summed E-state index contributed by atoms with van der Waals surface area (Å²) in [6, 6.07) is 10.1. The molecular formula is C31H38N2O2. The molecule has 4 heteroatoms. The van der Waals surface area contributed by atoms with Gasteiger partial charge in [0.1, 0.15) is 0 Å². The first-order valence-corrected chi connectivity index (χ1v) is 13.3. The van der Waals surface area contributed by atoms with Gasteiger partial charge in [-0.25, -0.2) is 0 Å². The van der Waals surface area contributed by atoms with E-state index in [9.17, 15) is 9.90 Å². The molecule has 3 aliphatic rings. The Morgan fingerprint density at radius 1 is 1.20 bits per heavy atom. The standard InChI is InChI=1S/C31H38N2O2/c1-4-30-16-17-31(35,26-12-6-5-9-21(26)2)20-25(30)11-7-10-23-19-24(14-15-27(23)30)29(34)33-28-13-8-18-32-22(28)3/h5-6,8-9,12-15,18-19,21,25-26,35H,4,7,10-11,16-17,20H2,1-3H3,(H,33,34). The first kappa shape index (κ1) is 24.0. The Kier molecular flexibility index (Phi) is 6.43. The average molecular weight is 471 g/mol. The van der Waals surface area contributed by atoms with Gasteiger partial charge in [0, 0.05) is 17.7 Å². The van der Waals surface area contributed by atoms with Crippen molar-refractivity contribution in [2.45, 2.75) is 76.7 Å². The van der Waals surface area contributed by atoms with Crippen LogP contribution >= 0.6 is 0 Å². The van der Waals surface area contributed by atoms with E-state index in [1.54, 1.807) is 6.20 Å². The number of nitrogens with one attached hydrogen (secondary N) is 1. The summed E-state index contributed by atoms with van der Waals surface area (Å²) in [5.74, 6) is 0.921. The highest BCUT2D eigenvalue weighted by Gasteiger charge is 2.52. The van der Waals surface area contributed by atoms with E-state index in [0.717, 1.165) is 56.3 Å². The Morgan fingerprint density at radius 3 is 2.80 bits per heavy atom. The van der Waals surface area contributed by atoms with Crippen LogP contribution < -0.4 is 5.32 Å². The first-order chi connectivity index (χ1) is 16.9. The van der Waals surface area contributed by atoms with Gasteiger partial charge in [0.05, 0.1) is 17.0 Å². The van der Waals surface area contributed by atoms with Gasteiger partial charge in [-0.3, -0.25) is 9.78 Å². The number of aryl methyl sites for hydroxylation is 2. The fourth-order valence-electron chi connectivity index (χ4n) is 7.22. The van der Waals surface area contributed by atoms with Crippen molar-refractivity contribution in [1.29, 1.82) is 0 Å². The Hall–Kier alpha value is -2.72. The van der Waals surface area contributed by atoms with Crippen LogP contribution in [0.25, 0.3) is 0 Å². The maximum atomic E-state index is 13.1. The molecule has 0 bridgehead atoms. The van der Waals surface area contributed by atoms with Crippen LogP contribution in [0.4, 0.5) is 5.69 Å². The molecule has 184 valence electrons. The van der Waals surface area contributed by atoms with Gasteiger partial charge < -0.3 is 10.4 Å². The smallest absolute Gasteiger partial charge is 0.255 e. The van der Waals surface area contributed by atoms with E-state index in [2.05, 4.69) is 60.6 Å². The lowest BCUT2D eigenvalue weighted by molar-refractivity contribution is -0.0850. The second kappa shape index (κ2) is 9.39. The largest absolute Gasteiger partial charge is 0.389 e. The number of pyridine rings is 1. The minimum atomic E-state index is -0.643. The number of aromatic nitrogens is 1. The highest BCUT2D eigenvalue weighted by Crippen LogP contribution is 2.56. The van der Waals surface area contributed by atoms with Gasteiger partial charge >= 0.3 is 0 Å². The fraction of sp³-hybridized carbons (Fsp3) is 0.484. The molecule has 35 heavy (non-hydrogen) atoms. The second-order valence-corrected chi connectivity index (χ2v) is 11.0. The molecule has 1 saturated carbocycles. The molecule has 1 fully saturated rings. The molecule has 1 heterocycles. The quantitative estimate of drug-likeness (QED) is 0.534. The third-order valence-corrected chi connectivity index (χ3v) is 9.21. The minimum absolute atomic E-state index is 0.0739. The monoisotopic (exact) mass is 470 g/mol. The third kappa shape index (κ3) is 4.27. The number of carbonyl (C=O) groups is 1. The summed E-state index contributed by atoms with van der Waals surface area (Å²) in [6.45, 7) is 6.44. The zero-order chi connectivity index (χ0) is 24.6. The summed E-state index contributed by atoms with van der Waals surface area (Å²) in [6.07, 6.45) is 17.4. The topological polar surface area (TPSA) is 62.2 Å². The Morgan fingerprint density at radius 2 is 2.03 bits per heavy atom. The maximum absolute atomic E-state index is 13.1. The molecule has 0 aliphatic heterocycles. The van der Waals surface area contributed by atoms with Gasteiger partial charge in [0.25, 0.3) is 5.91 Å². The van der Waals surface area contributed by atoms with Crippen molar-refractivity contribution in [3.8, 4) is 0 Å². The maximum Gasteiger partial charge on any atom is 0.255 e. The van der Waals surface area contributed by atoms with Crippen LogP contribution in [0.1, 0.15) is 79.6 Å². The molecule has 0 radical (unpaired) electrons. The summed E-state index contributed by atoms with van der Waals surface area (Å²) in [5.41, 5.74) is 4.42. The molecule has 2 N–H and O–H groups in total. The second-order valence-electron chi connectivity index (χ2n) is 11.0. The number of anilines is 1. The molecule has 5 rings (SSSR count). The molecule has 1 aromatic heterocycles. The zero-order valence-electron chi connectivity index (χ0n) is 21.3. The SMILES string of the molecule is CCC12CCC(O)(C3C=CC=CC3C)CC1CCCc1cc(C(=O)Nc3cccnc3C)ccc12. The van der Waals surface area contributed by atoms with Gasteiger partial charge in [-0.2, -0.15) is 0 Å². The van der Waals surface area contributed by atoms with Crippen molar-refractivity contribution in [2.75, 3.05) is 5.32 Å². The summed E-state index contributed by atoms with van der Waals surface area (Å²) in [4.78, 5) is 17.4. The summed E-state index contributed by atoms with van der Waals surface area (Å²) >= 11 is 0. The van der Waals surface area contributed by atoms with Crippen molar-refractivity contribution < 1.29 is 9.90 Å². The van der Waals surface area contributed by atoms with Crippen LogP contribution in [0.5, 0.6) is 0 Å². The summed E-state index contributed by atoms with van der Waals surface area (Å²) in [5, 5.41) is 14.9. The molecule has 0 spiro atoms. The summed E-state index contributed by atoms with van der Waals surface area (Å²) in [7, 11) is 0. The summed E-state index contributed by atoms with van der Waals surface area (Å²) < 4.78 is 0. The van der Waals surface area contributed by atoms with Crippen LogP contribution in [-0.2, 0) is 11.8 Å². The zero-order valence-corrected chi connectivity index (χ0v) is 21.3. The number of hydrogen-bond acceptors (Lipinski definition) is 3. The lowest BCUT2D eigenvalue weighted by Crippen LogP contribution is -2.52. The van der Waals surface area contributed by atoms with Crippen LogP contribution in [0.3, 0.4) is 0 Å². The number of benzene rings is 1. The van der Waals surface area contributed by atoms with Gasteiger partial charge in [-0.05, 0) is 105 Å². The number of rotatable bonds is 4. The normalized spacial score (nSPS) is 31.8. The van der Waals surface area contributed by atoms with Crippen molar-refractivity contribution in [3.05, 3.63) is 83.2 Å². The molecule has 5 unspecified atom stereocenters. The number of hydrogen-bond donors (Lipinski definition) is 2. The van der Waals surface area contributed by atoms with E-state index in [4.69, 9.17) is 0 Å². The van der Waals surface area contributed by atoms with E-state index < -0.39 is 5.60 Å². The van der Waals surface area contributed by atoms with Crippen molar-refractivity contribution in [3.63, 3.8) is 0 Å². The fourth-order valence-corrected chi connectivity index (χ4v) is 7.22. The molecule has 3 aliphatic carbocycles. The lowest BCUT2D eigenvalue weighted by Gasteiger charge is -2.53. The van der Waals surface area contributed by atoms with Crippen LogP contribution in [0, 0.1) is 24.7 Å². The Balaban J connectivity index is 1.43. The lowest BCUT2D eigenvalue weighted by atomic mass is 9.54. The third-order valence-electron chi connectivity index (χ3n) is 9.21. The predicted octanol–water partition coefficient (Wildman–Crippen LogP) is 6.54. The van der Waals surface area contributed by atoms with Gasteiger partial charge in [-0.1, -0.05) is 44.2 Å². The highest BCUT2D eigenvalue weighted by molar-refractivity contribution is 6.04. The molecule has 5 atom stereocenters. The molecule has 1 amide bonds. The number of carbonyl (C=O) groups excluding carboxylic acids is 1. The van der Waals surface area contributed by atoms with E-state index in [0.29, 0.717) is 17.4 Å². The molecule has 2 aromatic rings. The van der Waals surface area contributed by atoms with Crippen molar-refractivity contribution in [1.82, 2.24) is 4.98 Å². The number of allylic oxidation sites excluding steroid dienone is 3. The van der Waals surface area contributed by atoms with Crippen molar-refractivity contribution in [2.24, 2.45) is 17.8 Å². The Bertz CT molecular complexity index is 1170. The molecule has 1 aromatic carbocycles. The highest BCUT2D eigenvalue weighted by atomic mass is 16.3. The van der Waals surface area contributed by atoms with E-state index in [1.807, 2.05) is 25.1 Å². The van der Waals surface area contributed by atoms with Gasteiger partial charge in [0.15, 0.2) is 0 Å². The predicted molar refractivity (Wildman–Crippen MR) is 142 cm³/mol. The van der Waals surface area contributed by atoms with E-state index in [-0.39, 0.29) is 17.2 Å². The number of nitrogens with zero attached hydrogens (tertiary/aromatic N) is 1. The number of amides is 1. The number of fused-ring (bicyclic) bond motifs is 3. The van der Waals surface area contributed by atoms with E-state index in [1.165, 1.54) is 11.1 Å². The van der Waals surface area contributed by atoms with Crippen LogP contribution in [-0.4, -0.2) is 21.6 Å². The van der Waals surface area contributed by atoms with Crippen LogP contribution in [0.2, 0.25) is 0 Å². The molecule has 4 nitrogen and oxygen atoms in total. The minimum Gasteiger partial charge on any atom is -0.389 e. The van der Waals surface area contributed by atoms with E-state index >= 15 is 0 Å². The van der Waals surface area contributed by atoms with Crippen LogP contribution in [0.15, 0.2) is 60.8 Å². The molecule has 0 saturated heterocycles. The van der Waals surface area contributed by atoms with Gasteiger partial charge in [-0.15, -0.1) is 0 Å². The average Bonchev–Trinajstić information content (AvgIpc) is 3.01. The van der Waals surface area contributed by atoms with Crippen molar-refractivity contribution >= 4 is 11.6 Å². The van der Waals surface area contributed by atoms with Gasteiger partial charge in [0.2, 0.25) is 0 Å². The molecular weight excluding hydrogens is 432 g/mol. The Labute approximate surface area is 209 Å².